The molecule has 0 aliphatic carbocycles. The lowest BCUT2D eigenvalue weighted by molar-refractivity contribution is -0.139. The highest BCUT2D eigenvalue weighted by Gasteiger charge is 2.20. The molecule has 0 aliphatic rings. The summed E-state index contributed by atoms with van der Waals surface area (Å²) in [6.07, 6.45) is -0.232. The van der Waals surface area contributed by atoms with E-state index in [9.17, 15) is 18.8 Å². The first kappa shape index (κ1) is 16.4. The number of primary amides is 1. The van der Waals surface area contributed by atoms with Gasteiger partial charge in [-0.1, -0.05) is 12.1 Å². The van der Waals surface area contributed by atoms with E-state index in [1.807, 2.05) is 0 Å². The molecule has 0 saturated carbocycles. The van der Waals surface area contributed by atoms with Crippen LogP contribution in [0.5, 0.6) is 0 Å². The van der Waals surface area contributed by atoms with Crippen molar-refractivity contribution in [3.63, 3.8) is 0 Å². The van der Waals surface area contributed by atoms with E-state index < -0.39 is 23.9 Å². The number of amides is 3. The van der Waals surface area contributed by atoms with Crippen LogP contribution in [0.4, 0.5) is 9.18 Å². The van der Waals surface area contributed by atoms with Crippen molar-refractivity contribution < 1.29 is 23.9 Å². The summed E-state index contributed by atoms with van der Waals surface area (Å²) in [6.45, 7) is 0.119. The molecule has 0 bridgehead atoms. The first-order valence-corrected chi connectivity index (χ1v) is 6.18. The summed E-state index contributed by atoms with van der Waals surface area (Å²) in [5.41, 5.74) is 5.59. The van der Waals surface area contributed by atoms with Crippen molar-refractivity contribution in [2.45, 2.75) is 25.4 Å². The van der Waals surface area contributed by atoms with Crippen LogP contribution < -0.4 is 16.4 Å². The van der Waals surface area contributed by atoms with Crippen molar-refractivity contribution in [2.75, 3.05) is 0 Å². The largest absolute Gasteiger partial charge is 0.480 e. The number of carbonyl (C=O) groups excluding carboxylic acids is 2. The minimum atomic E-state index is -1.26. The number of rotatable bonds is 7. The number of carbonyl (C=O) groups is 3. The van der Waals surface area contributed by atoms with E-state index in [0.29, 0.717) is 5.56 Å². The third kappa shape index (κ3) is 6.37. The quantitative estimate of drug-likeness (QED) is 0.580. The average Bonchev–Trinajstić information content (AvgIpc) is 2.42. The van der Waals surface area contributed by atoms with E-state index in [0.717, 1.165) is 0 Å². The van der Waals surface area contributed by atoms with Crippen molar-refractivity contribution >= 4 is 17.9 Å². The van der Waals surface area contributed by atoms with E-state index in [-0.39, 0.29) is 25.2 Å². The number of carboxylic acids is 1. The third-order valence-corrected chi connectivity index (χ3v) is 2.65. The maximum atomic E-state index is 12.7. The molecule has 0 radical (unpaired) electrons. The first-order valence-electron chi connectivity index (χ1n) is 6.18. The second-order valence-corrected chi connectivity index (χ2v) is 4.35. The van der Waals surface area contributed by atoms with Crippen LogP contribution >= 0.6 is 0 Å². The van der Waals surface area contributed by atoms with Crippen molar-refractivity contribution in [3.8, 4) is 0 Å². The minimum absolute atomic E-state index is 0.0887. The Kier molecular flexibility index (Phi) is 6.12. The number of urea groups is 1. The summed E-state index contributed by atoms with van der Waals surface area (Å²) in [4.78, 5) is 33.1. The number of nitrogens with two attached hydrogens (primary N) is 1. The molecule has 114 valence electrons. The molecule has 0 unspecified atom stereocenters. The number of hydrogen-bond donors (Lipinski definition) is 4. The standard InChI is InChI=1S/C13H16FN3O4/c14-9-3-1-8(2-4-9)7-16-13(21)17-10(12(19)20)5-6-11(15)18/h1-4,10H,5-7H2,(H2,15,18)(H,19,20)(H2,16,17,21)/t10-/m1/s1. The molecule has 3 amide bonds. The molecule has 1 rings (SSSR count). The Balaban J connectivity index is 2.44. The number of hydrogen-bond acceptors (Lipinski definition) is 3. The lowest BCUT2D eigenvalue weighted by Gasteiger charge is -2.14. The molecule has 0 fully saturated rings. The molecule has 1 aromatic rings. The second kappa shape index (κ2) is 7.83. The number of carboxylic acid groups (broad SMARTS) is 1. The molecule has 21 heavy (non-hydrogen) atoms. The maximum absolute atomic E-state index is 12.7. The topological polar surface area (TPSA) is 122 Å². The van der Waals surface area contributed by atoms with Gasteiger partial charge < -0.3 is 21.5 Å². The fourth-order valence-corrected chi connectivity index (χ4v) is 1.54. The zero-order chi connectivity index (χ0) is 15.8. The highest BCUT2D eigenvalue weighted by molar-refractivity contribution is 5.83. The summed E-state index contributed by atoms with van der Waals surface area (Å²) in [7, 11) is 0. The number of aliphatic carboxylic acids is 1. The average molecular weight is 297 g/mol. The van der Waals surface area contributed by atoms with Gasteiger partial charge >= 0.3 is 12.0 Å². The van der Waals surface area contributed by atoms with Crippen molar-refractivity contribution in [2.24, 2.45) is 5.73 Å². The monoisotopic (exact) mass is 297 g/mol. The summed E-state index contributed by atoms with van der Waals surface area (Å²) < 4.78 is 12.7. The van der Waals surface area contributed by atoms with Crippen LogP contribution in [-0.2, 0) is 16.1 Å². The van der Waals surface area contributed by atoms with Gasteiger partial charge in [0.2, 0.25) is 5.91 Å². The van der Waals surface area contributed by atoms with Crippen LogP contribution in [0.15, 0.2) is 24.3 Å². The molecular weight excluding hydrogens is 281 g/mol. The third-order valence-electron chi connectivity index (χ3n) is 2.65. The van der Waals surface area contributed by atoms with Gasteiger partial charge in [0.1, 0.15) is 11.9 Å². The lowest BCUT2D eigenvalue weighted by Crippen LogP contribution is -2.46. The van der Waals surface area contributed by atoms with E-state index in [1.165, 1.54) is 24.3 Å². The fourth-order valence-electron chi connectivity index (χ4n) is 1.54. The zero-order valence-electron chi connectivity index (χ0n) is 11.1. The molecule has 0 aromatic heterocycles. The molecule has 5 N–H and O–H groups in total. The van der Waals surface area contributed by atoms with Gasteiger partial charge in [-0.15, -0.1) is 0 Å². The van der Waals surface area contributed by atoms with Crippen LogP contribution in [0, 0.1) is 5.82 Å². The van der Waals surface area contributed by atoms with Gasteiger partial charge in [0, 0.05) is 13.0 Å². The van der Waals surface area contributed by atoms with Crippen LogP contribution in [0.1, 0.15) is 18.4 Å². The zero-order valence-corrected chi connectivity index (χ0v) is 11.1. The fraction of sp³-hybridized carbons (Fsp3) is 0.308. The first-order chi connectivity index (χ1) is 9.88. The van der Waals surface area contributed by atoms with E-state index in [4.69, 9.17) is 10.8 Å². The Morgan fingerprint density at radius 1 is 1.24 bits per heavy atom. The minimum Gasteiger partial charge on any atom is -0.480 e. The molecule has 0 heterocycles. The van der Waals surface area contributed by atoms with Gasteiger partial charge in [-0.2, -0.15) is 0 Å². The Morgan fingerprint density at radius 3 is 2.38 bits per heavy atom. The van der Waals surface area contributed by atoms with Crippen molar-refractivity contribution in [1.29, 1.82) is 0 Å². The molecule has 1 aromatic carbocycles. The molecule has 1 atom stereocenters. The number of nitrogens with one attached hydrogen (secondary N) is 2. The molecule has 8 heteroatoms. The molecule has 7 nitrogen and oxygen atoms in total. The highest BCUT2D eigenvalue weighted by Crippen LogP contribution is 2.02. The molecule has 0 saturated heterocycles. The second-order valence-electron chi connectivity index (χ2n) is 4.35. The predicted octanol–water partition coefficient (Wildman–Crippen LogP) is 0.344. The van der Waals surface area contributed by atoms with E-state index >= 15 is 0 Å². The summed E-state index contributed by atoms with van der Waals surface area (Å²) in [5, 5.41) is 13.6. The Bertz CT molecular complexity index is 519. The van der Waals surface area contributed by atoms with Gasteiger partial charge in [-0.05, 0) is 24.1 Å². The van der Waals surface area contributed by atoms with Gasteiger partial charge in [0.05, 0.1) is 0 Å². The van der Waals surface area contributed by atoms with E-state index in [2.05, 4.69) is 10.6 Å². The molecular formula is C13H16FN3O4. The molecule has 0 spiro atoms. The van der Waals surface area contributed by atoms with Gasteiger partial charge in [-0.25, -0.2) is 14.0 Å². The number of benzene rings is 1. The van der Waals surface area contributed by atoms with Gasteiger partial charge in [0.25, 0.3) is 0 Å². The summed E-state index contributed by atoms with van der Waals surface area (Å²) in [5.74, 6) is -2.29. The Morgan fingerprint density at radius 2 is 1.86 bits per heavy atom. The van der Waals surface area contributed by atoms with Gasteiger partial charge in [-0.3, -0.25) is 4.79 Å². The van der Waals surface area contributed by atoms with Crippen LogP contribution in [0.25, 0.3) is 0 Å². The van der Waals surface area contributed by atoms with Crippen molar-refractivity contribution in [1.82, 2.24) is 10.6 Å². The maximum Gasteiger partial charge on any atom is 0.326 e. The van der Waals surface area contributed by atoms with Crippen LogP contribution in [0.2, 0.25) is 0 Å². The normalized spacial score (nSPS) is 11.5. The summed E-state index contributed by atoms with van der Waals surface area (Å²) >= 11 is 0. The lowest BCUT2D eigenvalue weighted by atomic mass is 10.1. The summed E-state index contributed by atoms with van der Waals surface area (Å²) in [6, 6.07) is 3.60. The predicted molar refractivity (Wildman–Crippen MR) is 71.6 cm³/mol. The molecule has 0 aliphatic heterocycles. The van der Waals surface area contributed by atoms with Crippen molar-refractivity contribution in [3.05, 3.63) is 35.6 Å². The van der Waals surface area contributed by atoms with Crippen LogP contribution in [0.3, 0.4) is 0 Å². The Labute approximate surface area is 120 Å². The van der Waals surface area contributed by atoms with Gasteiger partial charge in [0.15, 0.2) is 0 Å². The van der Waals surface area contributed by atoms with E-state index in [1.54, 1.807) is 0 Å². The SMILES string of the molecule is NC(=O)CC[C@@H](NC(=O)NCc1ccc(F)cc1)C(=O)O. The number of halogens is 1. The highest BCUT2D eigenvalue weighted by atomic mass is 19.1. The Hall–Kier alpha value is -2.64. The van der Waals surface area contributed by atoms with Crippen LogP contribution in [-0.4, -0.2) is 29.1 Å². The smallest absolute Gasteiger partial charge is 0.326 e.